The minimum Gasteiger partial charge on any atom is -0.456 e. The van der Waals surface area contributed by atoms with Gasteiger partial charge in [-0.15, -0.1) is 0 Å². The number of nitrogens with one attached hydrogen (secondary N) is 1. The monoisotopic (exact) mass is 639 g/mol. The average molecular weight is 640 g/mol. The van der Waals surface area contributed by atoms with E-state index in [1.54, 1.807) is 0 Å². The summed E-state index contributed by atoms with van der Waals surface area (Å²) in [5.41, 5.74) is 2.52. The Labute approximate surface area is 268 Å². The molecule has 2 atom stereocenters. The Morgan fingerprint density at radius 1 is 0.733 bits per heavy atom. The van der Waals surface area contributed by atoms with Crippen molar-refractivity contribution in [1.82, 2.24) is 4.72 Å². The molecule has 0 saturated heterocycles. The van der Waals surface area contributed by atoms with Crippen molar-refractivity contribution in [2.75, 3.05) is 0 Å². The van der Waals surface area contributed by atoms with Crippen LogP contribution in [0.4, 0.5) is 8.78 Å². The van der Waals surface area contributed by atoms with Gasteiger partial charge in [0, 0.05) is 33.5 Å². The lowest BCUT2D eigenvalue weighted by atomic mass is 9.74. The molecule has 0 aliphatic carbocycles. The third kappa shape index (κ3) is 6.12. The van der Waals surface area contributed by atoms with Crippen molar-refractivity contribution in [3.8, 4) is 11.5 Å². The second-order valence-electron chi connectivity index (χ2n) is 12.7. The highest BCUT2D eigenvalue weighted by molar-refractivity contribution is 7.84. The van der Waals surface area contributed by atoms with E-state index in [2.05, 4.69) is 85.3 Å². The molecule has 0 spiro atoms. The van der Waals surface area contributed by atoms with E-state index >= 15 is 0 Å². The second kappa shape index (κ2) is 12.2. The van der Waals surface area contributed by atoms with Crippen LogP contribution in [0.2, 0.25) is 0 Å². The molecule has 0 amide bonds. The zero-order valence-electron chi connectivity index (χ0n) is 26.0. The Hall–Kier alpha value is -3.70. The van der Waals surface area contributed by atoms with Gasteiger partial charge in [0.25, 0.3) is 0 Å². The number of benzene rings is 5. The molecule has 6 rings (SSSR count). The Morgan fingerprint density at radius 3 is 1.82 bits per heavy atom. The maximum atomic E-state index is 14.6. The van der Waals surface area contributed by atoms with Gasteiger partial charge in [0.1, 0.15) is 23.1 Å². The molecular formula is C38H36F2NO2PS. The van der Waals surface area contributed by atoms with Gasteiger partial charge in [-0.25, -0.2) is 17.7 Å². The third-order valence-corrected chi connectivity index (χ3v) is 12.2. The molecule has 7 heteroatoms. The van der Waals surface area contributed by atoms with Crippen LogP contribution in [0, 0.1) is 11.6 Å². The van der Waals surface area contributed by atoms with E-state index in [4.69, 9.17) is 4.74 Å². The summed E-state index contributed by atoms with van der Waals surface area (Å²) in [6, 6.07) is 35.7. The van der Waals surface area contributed by atoms with E-state index in [9.17, 15) is 13.0 Å². The number of fused-ring (bicyclic) bond motifs is 2. The van der Waals surface area contributed by atoms with Crippen molar-refractivity contribution in [2.45, 2.75) is 50.8 Å². The predicted octanol–water partition coefficient (Wildman–Crippen LogP) is 8.30. The lowest BCUT2D eigenvalue weighted by molar-refractivity contribution is 0.413. The van der Waals surface area contributed by atoms with E-state index in [0.717, 1.165) is 28.2 Å². The van der Waals surface area contributed by atoms with E-state index < -0.39 is 46.7 Å². The molecule has 5 aromatic rings. The number of halogens is 2. The first-order valence-corrected chi connectivity index (χ1v) is 17.4. The summed E-state index contributed by atoms with van der Waals surface area (Å²) in [6.07, 6.45) is 0. The van der Waals surface area contributed by atoms with Gasteiger partial charge in [-0.2, -0.15) is 0 Å². The van der Waals surface area contributed by atoms with Crippen molar-refractivity contribution in [3.05, 3.63) is 149 Å². The van der Waals surface area contributed by atoms with Gasteiger partial charge in [-0.05, 0) is 57.0 Å². The molecule has 0 radical (unpaired) electrons. The molecule has 2 unspecified atom stereocenters. The molecular weight excluding hydrogens is 603 g/mol. The average Bonchev–Trinajstić information content (AvgIpc) is 3.00. The van der Waals surface area contributed by atoms with Crippen molar-refractivity contribution >= 4 is 34.8 Å². The number of para-hydroxylation sites is 2. The van der Waals surface area contributed by atoms with Crippen LogP contribution in [-0.2, 0) is 16.4 Å². The van der Waals surface area contributed by atoms with E-state index in [-0.39, 0.29) is 0 Å². The standard InChI is InChI=1S/C38H36F2NO2PS/c1-37(2,3)45(42)41-34(25-22-26(39)24-27(40)23-25)30-18-12-19-31-35(30)43-36-32(38(31,4)5)20-13-21-33(36)44(28-14-8-6-9-15-28)29-16-10-7-11-17-29/h6-24,34,41H,1-5H3. The lowest BCUT2D eigenvalue weighted by Crippen LogP contribution is -2.37. The first kappa shape index (κ1) is 31.3. The van der Waals surface area contributed by atoms with Crippen molar-refractivity contribution in [3.63, 3.8) is 0 Å². The summed E-state index contributed by atoms with van der Waals surface area (Å²) in [7, 11) is -2.54. The van der Waals surface area contributed by atoms with Crippen LogP contribution < -0.4 is 25.4 Å². The quantitative estimate of drug-likeness (QED) is 0.182. The van der Waals surface area contributed by atoms with Crippen LogP contribution >= 0.6 is 7.92 Å². The fourth-order valence-electron chi connectivity index (χ4n) is 5.85. The molecule has 1 heterocycles. The van der Waals surface area contributed by atoms with Crippen molar-refractivity contribution < 1.29 is 17.7 Å². The summed E-state index contributed by atoms with van der Waals surface area (Å²) in [5.74, 6) is -0.0178. The van der Waals surface area contributed by atoms with Crippen molar-refractivity contribution in [1.29, 1.82) is 0 Å². The molecule has 0 saturated carbocycles. The van der Waals surface area contributed by atoms with Gasteiger partial charge in [0.05, 0.1) is 21.8 Å². The summed E-state index contributed by atoms with van der Waals surface area (Å²) < 4.78 is 52.4. The molecule has 0 aromatic heterocycles. The van der Waals surface area contributed by atoms with Crippen LogP contribution in [-0.4, -0.2) is 8.96 Å². The van der Waals surface area contributed by atoms with Crippen LogP contribution in [0.25, 0.3) is 0 Å². The lowest BCUT2D eigenvalue weighted by Gasteiger charge is -2.38. The Balaban J connectivity index is 1.56. The van der Waals surface area contributed by atoms with Gasteiger partial charge in [-0.3, -0.25) is 0 Å². The maximum Gasteiger partial charge on any atom is 0.139 e. The first-order valence-electron chi connectivity index (χ1n) is 14.9. The van der Waals surface area contributed by atoms with Gasteiger partial charge in [0.15, 0.2) is 0 Å². The topological polar surface area (TPSA) is 38.3 Å². The molecule has 1 aliphatic heterocycles. The highest BCUT2D eigenvalue weighted by atomic mass is 32.2. The molecule has 230 valence electrons. The minimum absolute atomic E-state index is 0.329. The fraction of sp³-hybridized carbons (Fsp3) is 0.211. The fourth-order valence-corrected chi connectivity index (χ4v) is 9.08. The molecule has 0 fully saturated rings. The van der Waals surface area contributed by atoms with Crippen LogP contribution in [0.15, 0.2) is 115 Å². The predicted molar refractivity (Wildman–Crippen MR) is 183 cm³/mol. The van der Waals surface area contributed by atoms with Crippen molar-refractivity contribution in [2.24, 2.45) is 0 Å². The van der Waals surface area contributed by atoms with Crippen LogP contribution in [0.1, 0.15) is 62.9 Å². The van der Waals surface area contributed by atoms with Gasteiger partial charge in [0.2, 0.25) is 0 Å². The normalized spacial score (nSPS) is 15.1. The second-order valence-corrected chi connectivity index (χ2v) is 16.9. The highest BCUT2D eigenvalue weighted by Crippen LogP contribution is 2.52. The zero-order chi connectivity index (χ0) is 31.9. The summed E-state index contributed by atoms with van der Waals surface area (Å²) in [4.78, 5) is 0. The maximum absolute atomic E-state index is 14.6. The number of ether oxygens (including phenoxy) is 1. The molecule has 45 heavy (non-hydrogen) atoms. The Morgan fingerprint density at radius 2 is 1.27 bits per heavy atom. The summed E-state index contributed by atoms with van der Waals surface area (Å²) in [5, 5.41) is 3.47. The summed E-state index contributed by atoms with van der Waals surface area (Å²) in [6.45, 7) is 9.92. The number of rotatable bonds is 7. The first-order chi connectivity index (χ1) is 21.4. The largest absolute Gasteiger partial charge is 0.456 e. The minimum atomic E-state index is -1.56. The molecule has 1 N–H and O–H groups in total. The summed E-state index contributed by atoms with van der Waals surface area (Å²) >= 11 is 0. The van der Waals surface area contributed by atoms with E-state index in [1.807, 2.05) is 51.1 Å². The van der Waals surface area contributed by atoms with Crippen LogP contribution in [0.5, 0.6) is 11.5 Å². The highest BCUT2D eigenvalue weighted by Gasteiger charge is 2.39. The van der Waals surface area contributed by atoms with Gasteiger partial charge < -0.3 is 4.74 Å². The molecule has 5 aromatic carbocycles. The number of hydrogen-bond donors (Lipinski definition) is 1. The van der Waals surface area contributed by atoms with Gasteiger partial charge >= 0.3 is 0 Å². The third-order valence-electron chi connectivity index (χ3n) is 8.17. The van der Waals surface area contributed by atoms with E-state index in [0.29, 0.717) is 16.9 Å². The Kier molecular flexibility index (Phi) is 8.51. The molecule has 0 bridgehead atoms. The Bertz CT molecular complexity index is 1810. The van der Waals surface area contributed by atoms with E-state index in [1.165, 1.54) is 22.7 Å². The SMILES string of the molecule is CC1(C)c2cccc(C(NS(=O)C(C)(C)C)c3cc(F)cc(F)c3)c2Oc2c(P(c3ccccc3)c3ccccc3)cccc21. The zero-order valence-corrected chi connectivity index (χ0v) is 27.7. The molecule has 3 nitrogen and oxygen atoms in total. The van der Waals surface area contributed by atoms with Crippen LogP contribution in [0.3, 0.4) is 0 Å². The van der Waals surface area contributed by atoms with Gasteiger partial charge in [-0.1, -0.05) is 111 Å². The number of hydrogen-bond acceptors (Lipinski definition) is 2. The smallest absolute Gasteiger partial charge is 0.139 e. The molecule has 1 aliphatic rings.